The predicted octanol–water partition coefficient (Wildman–Crippen LogP) is 8.69. The molecular formula is C26H44HfN-3. The summed E-state index contributed by atoms with van der Waals surface area (Å²) in [6.45, 7) is 17.2. The van der Waals surface area contributed by atoms with Crippen LogP contribution in [-0.4, -0.2) is 11.1 Å². The molecule has 0 fully saturated rings. The third kappa shape index (κ3) is 20.5. The van der Waals surface area contributed by atoms with E-state index in [1.807, 2.05) is 0 Å². The molecule has 0 atom stereocenters. The van der Waals surface area contributed by atoms with Gasteiger partial charge in [0.2, 0.25) is 0 Å². The maximum absolute atomic E-state index is 4.54. The van der Waals surface area contributed by atoms with Gasteiger partial charge in [-0.3, -0.25) is 12.2 Å². The fourth-order valence-corrected chi connectivity index (χ4v) is 2.98. The number of allylic oxidation sites excluding steroid dienone is 8. The van der Waals surface area contributed by atoms with Crippen LogP contribution in [-0.2, 0) is 25.8 Å². The minimum atomic E-state index is 0. The number of nitrogens with zero attached hydrogens (tertiary/aromatic N) is 1. The maximum Gasteiger partial charge on any atom is 0 e. The van der Waals surface area contributed by atoms with E-state index >= 15 is 0 Å². The first kappa shape index (κ1) is 30.0. The molecule has 0 saturated heterocycles. The van der Waals surface area contributed by atoms with E-state index in [-0.39, 0.29) is 36.9 Å². The monoisotopic (exact) mass is 550 g/mol. The minimum absolute atomic E-state index is 0. The Bertz CT molecular complexity index is 450. The average molecular weight is 549 g/mol. The van der Waals surface area contributed by atoms with Crippen molar-refractivity contribution in [2.24, 2.45) is 0 Å². The van der Waals surface area contributed by atoms with E-state index in [4.69, 9.17) is 0 Å². The zero-order valence-corrected chi connectivity index (χ0v) is 23.5. The molecule has 2 heteroatoms. The molecule has 0 aromatic heterocycles. The fraction of sp³-hybridized carbons (Fsp3) is 0.692. The number of hydrogen-bond donors (Lipinski definition) is 0. The summed E-state index contributed by atoms with van der Waals surface area (Å²) < 4.78 is 0. The molecule has 0 radical (unpaired) electrons. The Morgan fingerprint density at radius 3 is 1.29 bits per heavy atom. The SMILES string of the molecule is CC(C)(C)[N-]C(C)(C)C.CCCCC1=[C-]CC=C1.CCCCC1=[C-]CC=C1.[Hf]. The maximum atomic E-state index is 4.54. The first-order chi connectivity index (χ1) is 12.6. The molecule has 0 unspecified atom stereocenters. The largest absolute Gasteiger partial charge is 0.653 e. The Morgan fingerprint density at radius 2 is 1.11 bits per heavy atom. The van der Waals surface area contributed by atoms with Crippen molar-refractivity contribution in [3.63, 3.8) is 0 Å². The molecule has 0 heterocycles. The van der Waals surface area contributed by atoms with Crippen molar-refractivity contribution < 1.29 is 25.8 Å². The Labute approximate surface area is 196 Å². The van der Waals surface area contributed by atoms with E-state index in [1.165, 1.54) is 49.7 Å². The summed E-state index contributed by atoms with van der Waals surface area (Å²) in [5.41, 5.74) is 3.05. The van der Waals surface area contributed by atoms with E-state index in [1.54, 1.807) is 0 Å². The summed E-state index contributed by atoms with van der Waals surface area (Å²) in [7, 11) is 0. The number of hydrogen-bond acceptors (Lipinski definition) is 0. The van der Waals surface area contributed by atoms with E-state index in [0.717, 1.165) is 12.8 Å². The normalized spacial score (nSPS) is 15.0. The van der Waals surface area contributed by atoms with Gasteiger partial charge in [0.1, 0.15) is 0 Å². The molecule has 0 aliphatic heterocycles. The molecule has 0 bridgehead atoms. The standard InChI is InChI=1S/2C9H13.C8H18N.Hf/c2*1-2-3-6-9-7-4-5-8-9;1-7(2,3)9-8(4,5)6;/h2*4,7H,2-3,5-6H2,1H3;1-6H3;/q3*-1;. The molecule has 0 saturated carbocycles. The van der Waals surface area contributed by atoms with Gasteiger partial charge in [0.15, 0.2) is 0 Å². The van der Waals surface area contributed by atoms with Crippen molar-refractivity contribution in [1.29, 1.82) is 0 Å². The summed E-state index contributed by atoms with van der Waals surface area (Å²) >= 11 is 0. The van der Waals surface area contributed by atoms with Crippen LogP contribution in [0.15, 0.2) is 35.5 Å². The molecule has 0 aromatic carbocycles. The zero-order chi connectivity index (χ0) is 20.8. The third-order valence-electron chi connectivity index (χ3n) is 3.80. The Morgan fingerprint density at radius 1 is 0.750 bits per heavy atom. The topological polar surface area (TPSA) is 14.1 Å². The summed E-state index contributed by atoms with van der Waals surface area (Å²) in [5.74, 6) is 0. The first-order valence-electron chi connectivity index (χ1n) is 10.8. The Hall–Kier alpha value is -0.210. The van der Waals surface area contributed by atoms with Gasteiger partial charge in [-0.25, -0.2) is 23.3 Å². The van der Waals surface area contributed by atoms with Gasteiger partial charge < -0.3 is 5.32 Å². The van der Waals surface area contributed by atoms with Gasteiger partial charge in [-0.05, 0) is 0 Å². The molecule has 0 amide bonds. The van der Waals surface area contributed by atoms with Gasteiger partial charge in [0, 0.05) is 25.8 Å². The van der Waals surface area contributed by atoms with Crippen LogP contribution in [0.1, 0.15) is 107 Å². The minimum Gasteiger partial charge on any atom is -0.653 e. The van der Waals surface area contributed by atoms with E-state index < -0.39 is 0 Å². The smallest absolute Gasteiger partial charge is 0 e. The molecule has 28 heavy (non-hydrogen) atoms. The van der Waals surface area contributed by atoms with Gasteiger partial charge in [0.25, 0.3) is 0 Å². The van der Waals surface area contributed by atoms with Crippen LogP contribution >= 0.6 is 0 Å². The molecule has 0 spiro atoms. The summed E-state index contributed by atoms with van der Waals surface area (Å²) in [4.78, 5) is 0. The van der Waals surface area contributed by atoms with E-state index in [0.29, 0.717) is 0 Å². The van der Waals surface area contributed by atoms with Gasteiger partial charge in [-0.2, -0.15) is 12.2 Å². The van der Waals surface area contributed by atoms with Crippen molar-refractivity contribution in [2.45, 2.75) is 118 Å². The molecular weight excluding hydrogens is 505 g/mol. The van der Waals surface area contributed by atoms with Crippen LogP contribution in [0.3, 0.4) is 0 Å². The van der Waals surface area contributed by atoms with Crippen LogP contribution in [0.2, 0.25) is 0 Å². The van der Waals surface area contributed by atoms with Crippen molar-refractivity contribution >= 4 is 0 Å². The van der Waals surface area contributed by atoms with Crippen molar-refractivity contribution in [3.8, 4) is 0 Å². The average Bonchev–Trinajstić information content (AvgIpc) is 3.22. The summed E-state index contributed by atoms with van der Waals surface area (Å²) in [6.07, 6.45) is 25.1. The van der Waals surface area contributed by atoms with Crippen molar-refractivity contribution in [2.75, 3.05) is 0 Å². The molecule has 0 N–H and O–H groups in total. The van der Waals surface area contributed by atoms with E-state index in [2.05, 4.69) is 97.2 Å². The van der Waals surface area contributed by atoms with Gasteiger partial charge in [0.05, 0.1) is 0 Å². The quantitative estimate of drug-likeness (QED) is 0.233. The fourth-order valence-electron chi connectivity index (χ4n) is 2.98. The third-order valence-corrected chi connectivity index (χ3v) is 3.80. The second-order valence-corrected chi connectivity index (χ2v) is 9.28. The second kappa shape index (κ2) is 16.6. The second-order valence-electron chi connectivity index (χ2n) is 9.28. The number of unbranched alkanes of at least 4 members (excludes halogenated alkanes) is 2. The summed E-state index contributed by atoms with van der Waals surface area (Å²) in [6, 6.07) is 0. The van der Waals surface area contributed by atoms with Crippen LogP contribution in [0, 0.1) is 12.2 Å². The molecule has 2 aliphatic rings. The number of rotatable bonds is 6. The molecule has 2 aliphatic carbocycles. The molecule has 160 valence electrons. The van der Waals surface area contributed by atoms with Crippen LogP contribution in [0.4, 0.5) is 0 Å². The predicted molar refractivity (Wildman–Crippen MR) is 123 cm³/mol. The van der Waals surface area contributed by atoms with Crippen LogP contribution < -0.4 is 0 Å². The van der Waals surface area contributed by atoms with E-state index in [9.17, 15) is 0 Å². The Kier molecular flexibility index (Phi) is 17.7. The van der Waals surface area contributed by atoms with Gasteiger partial charge in [-0.1, -0.05) is 93.9 Å². The van der Waals surface area contributed by atoms with Crippen molar-refractivity contribution in [1.82, 2.24) is 0 Å². The van der Waals surface area contributed by atoms with Crippen molar-refractivity contribution in [3.05, 3.63) is 52.9 Å². The molecule has 1 nitrogen and oxygen atoms in total. The Balaban J connectivity index is 0. The van der Waals surface area contributed by atoms with Gasteiger partial charge >= 0.3 is 0 Å². The first-order valence-corrected chi connectivity index (χ1v) is 10.8. The van der Waals surface area contributed by atoms with Crippen LogP contribution in [0.25, 0.3) is 5.32 Å². The van der Waals surface area contributed by atoms with Crippen LogP contribution in [0.5, 0.6) is 0 Å². The zero-order valence-electron chi connectivity index (χ0n) is 19.9. The summed E-state index contributed by atoms with van der Waals surface area (Å²) in [5, 5.41) is 4.54. The van der Waals surface area contributed by atoms with Gasteiger partial charge in [-0.15, -0.1) is 23.9 Å². The molecule has 0 aromatic rings. The molecule has 2 rings (SSSR count).